The third kappa shape index (κ3) is 3.46. The molecule has 2 aliphatic rings. The Morgan fingerprint density at radius 3 is 2.75 bits per heavy atom. The lowest BCUT2D eigenvalue weighted by Crippen LogP contribution is -2.23. The number of nitrogens with zero attached hydrogens (tertiary/aromatic N) is 1. The summed E-state index contributed by atoms with van der Waals surface area (Å²) in [5.74, 6) is 0. The van der Waals surface area contributed by atoms with Gasteiger partial charge in [0, 0.05) is 13.2 Å². The van der Waals surface area contributed by atoms with E-state index in [1.54, 1.807) is 0 Å². The molecule has 4 heteroatoms. The van der Waals surface area contributed by atoms with Crippen LogP contribution in [0.5, 0.6) is 0 Å². The largest absolute Gasteiger partial charge is 0.411 e. The van der Waals surface area contributed by atoms with Crippen molar-refractivity contribution in [1.82, 2.24) is 0 Å². The first-order valence-corrected chi connectivity index (χ1v) is 6.31. The van der Waals surface area contributed by atoms with E-state index in [-0.39, 0.29) is 0 Å². The molecule has 0 aromatic rings. The van der Waals surface area contributed by atoms with Gasteiger partial charge in [0.05, 0.1) is 17.9 Å². The molecule has 4 nitrogen and oxygen atoms in total. The quantitative estimate of drug-likeness (QED) is 0.592. The van der Waals surface area contributed by atoms with E-state index >= 15 is 0 Å². The topological polar surface area (TPSA) is 51.1 Å². The highest BCUT2D eigenvalue weighted by atomic mass is 16.5. The van der Waals surface area contributed by atoms with Crippen LogP contribution in [0, 0.1) is 0 Å². The van der Waals surface area contributed by atoms with Gasteiger partial charge in [-0.15, -0.1) is 0 Å². The molecule has 92 valence electrons. The molecule has 16 heavy (non-hydrogen) atoms. The minimum absolute atomic E-state index is 0.354. The van der Waals surface area contributed by atoms with Gasteiger partial charge < -0.3 is 14.7 Å². The molecule has 0 amide bonds. The van der Waals surface area contributed by atoms with Crippen LogP contribution >= 0.6 is 0 Å². The number of rotatable bonds is 4. The Morgan fingerprint density at radius 1 is 1.31 bits per heavy atom. The maximum absolute atomic E-state index is 8.63. The zero-order valence-corrected chi connectivity index (χ0v) is 9.73. The van der Waals surface area contributed by atoms with Crippen molar-refractivity contribution in [3.63, 3.8) is 0 Å². The van der Waals surface area contributed by atoms with Crippen LogP contribution in [0.4, 0.5) is 0 Å². The van der Waals surface area contributed by atoms with Crippen molar-refractivity contribution in [1.29, 1.82) is 0 Å². The highest BCUT2D eigenvalue weighted by Gasteiger charge is 2.20. The van der Waals surface area contributed by atoms with Crippen molar-refractivity contribution in [2.75, 3.05) is 13.2 Å². The number of ether oxygens (including phenoxy) is 2. The zero-order chi connectivity index (χ0) is 11.2. The fourth-order valence-electron chi connectivity index (χ4n) is 2.43. The molecular formula is C12H21NO3. The van der Waals surface area contributed by atoms with E-state index in [0.29, 0.717) is 12.2 Å². The molecule has 1 saturated heterocycles. The molecule has 1 aliphatic heterocycles. The van der Waals surface area contributed by atoms with Gasteiger partial charge in [0.25, 0.3) is 0 Å². The Bertz CT molecular complexity index is 226. The molecule has 1 atom stereocenters. The smallest absolute Gasteiger partial charge is 0.0597 e. The summed E-state index contributed by atoms with van der Waals surface area (Å²) in [6, 6.07) is 0. The minimum atomic E-state index is 0.354. The number of hydrogen-bond donors (Lipinski definition) is 1. The van der Waals surface area contributed by atoms with Gasteiger partial charge in [-0.3, -0.25) is 0 Å². The van der Waals surface area contributed by atoms with Crippen LogP contribution in [-0.2, 0) is 9.47 Å². The van der Waals surface area contributed by atoms with Crippen LogP contribution in [0.15, 0.2) is 5.16 Å². The average Bonchev–Trinajstić information content (AvgIpc) is 2.83. The highest BCUT2D eigenvalue weighted by molar-refractivity contribution is 5.84. The predicted octanol–water partition coefficient (Wildman–Crippen LogP) is 2.34. The predicted molar refractivity (Wildman–Crippen MR) is 61.0 cm³/mol. The van der Waals surface area contributed by atoms with E-state index in [1.165, 1.54) is 12.8 Å². The molecule has 1 unspecified atom stereocenters. The first-order chi connectivity index (χ1) is 7.88. The lowest BCUT2D eigenvalue weighted by Gasteiger charge is -2.23. The van der Waals surface area contributed by atoms with Gasteiger partial charge in [-0.25, -0.2) is 0 Å². The molecule has 0 spiro atoms. The van der Waals surface area contributed by atoms with E-state index in [1.807, 2.05) is 0 Å². The Labute approximate surface area is 96.6 Å². The number of hydrogen-bond acceptors (Lipinski definition) is 4. The molecule has 0 aromatic heterocycles. The second-order valence-corrected chi connectivity index (χ2v) is 4.66. The van der Waals surface area contributed by atoms with Crippen molar-refractivity contribution < 1.29 is 14.7 Å². The van der Waals surface area contributed by atoms with Crippen LogP contribution in [0.25, 0.3) is 0 Å². The van der Waals surface area contributed by atoms with Crippen LogP contribution < -0.4 is 0 Å². The van der Waals surface area contributed by atoms with E-state index in [2.05, 4.69) is 5.16 Å². The second-order valence-electron chi connectivity index (χ2n) is 4.66. The summed E-state index contributed by atoms with van der Waals surface area (Å²) in [5, 5.41) is 11.9. The maximum atomic E-state index is 8.63. The second kappa shape index (κ2) is 6.21. The van der Waals surface area contributed by atoms with Crippen LogP contribution in [0.2, 0.25) is 0 Å². The third-order valence-electron chi connectivity index (χ3n) is 3.47. The molecule has 1 heterocycles. The highest BCUT2D eigenvalue weighted by Crippen LogP contribution is 2.20. The van der Waals surface area contributed by atoms with E-state index in [4.69, 9.17) is 14.7 Å². The fraction of sp³-hybridized carbons (Fsp3) is 0.917. The van der Waals surface area contributed by atoms with Crippen LogP contribution in [0.1, 0.15) is 44.9 Å². The summed E-state index contributed by atoms with van der Waals surface area (Å²) in [6.45, 7) is 1.73. The Hall–Kier alpha value is -0.610. The molecular weight excluding hydrogens is 206 g/mol. The standard InChI is InChI=1S/C12H21NO3/c14-13-10-3-5-12(6-4-10)16-9-7-11-2-1-8-15-11/h11-12,14H,1-9H2. The Kier molecular flexibility index (Phi) is 4.60. The lowest BCUT2D eigenvalue weighted by molar-refractivity contribution is 0.0113. The van der Waals surface area contributed by atoms with Gasteiger partial charge in [0.1, 0.15) is 0 Å². The summed E-state index contributed by atoms with van der Waals surface area (Å²) in [5.41, 5.74) is 0.916. The van der Waals surface area contributed by atoms with Gasteiger partial charge in [-0.1, -0.05) is 5.16 Å². The molecule has 1 saturated carbocycles. The van der Waals surface area contributed by atoms with E-state index in [0.717, 1.165) is 51.0 Å². The van der Waals surface area contributed by atoms with Gasteiger partial charge >= 0.3 is 0 Å². The van der Waals surface area contributed by atoms with Crippen molar-refractivity contribution in [2.24, 2.45) is 5.16 Å². The molecule has 1 N–H and O–H groups in total. The normalized spacial score (nSPS) is 30.6. The van der Waals surface area contributed by atoms with Gasteiger partial charge in [-0.05, 0) is 44.9 Å². The van der Waals surface area contributed by atoms with Crippen molar-refractivity contribution >= 4 is 5.71 Å². The van der Waals surface area contributed by atoms with Crippen molar-refractivity contribution in [3.05, 3.63) is 0 Å². The van der Waals surface area contributed by atoms with E-state index < -0.39 is 0 Å². The minimum Gasteiger partial charge on any atom is -0.411 e. The first kappa shape index (κ1) is 11.9. The summed E-state index contributed by atoms with van der Waals surface area (Å²) in [7, 11) is 0. The molecule has 0 bridgehead atoms. The molecule has 0 radical (unpaired) electrons. The molecule has 0 aromatic carbocycles. The summed E-state index contributed by atoms with van der Waals surface area (Å²) >= 11 is 0. The third-order valence-corrected chi connectivity index (χ3v) is 3.47. The van der Waals surface area contributed by atoms with Gasteiger partial charge in [-0.2, -0.15) is 0 Å². The van der Waals surface area contributed by atoms with Crippen LogP contribution in [0.3, 0.4) is 0 Å². The van der Waals surface area contributed by atoms with Gasteiger partial charge in [0.2, 0.25) is 0 Å². The lowest BCUT2D eigenvalue weighted by atomic mass is 9.96. The first-order valence-electron chi connectivity index (χ1n) is 6.31. The number of oxime groups is 1. The van der Waals surface area contributed by atoms with Crippen LogP contribution in [-0.4, -0.2) is 36.3 Å². The Balaban J connectivity index is 1.56. The van der Waals surface area contributed by atoms with Gasteiger partial charge in [0.15, 0.2) is 0 Å². The maximum Gasteiger partial charge on any atom is 0.0597 e. The fourth-order valence-corrected chi connectivity index (χ4v) is 2.43. The molecule has 1 aliphatic carbocycles. The summed E-state index contributed by atoms with van der Waals surface area (Å²) in [4.78, 5) is 0. The average molecular weight is 227 g/mol. The van der Waals surface area contributed by atoms with E-state index in [9.17, 15) is 0 Å². The SMILES string of the molecule is ON=C1CCC(OCCC2CCCO2)CC1. The summed E-state index contributed by atoms with van der Waals surface area (Å²) in [6.07, 6.45) is 7.93. The Morgan fingerprint density at radius 2 is 2.12 bits per heavy atom. The zero-order valence-electron chi connectivity index (χ0n) is 9.73. The van der Waals surface area contributed by atoms with Crippen molar-refractivity contribution in [2.45, 2.75) is 57.2 Å². The molecule has 2 fully saturated rings. The summed E-state index contributed by atoms with van der Waals surface area (Å²) < 4.78 is 11.4. The van der Waals surface area contributed by atoms with Crippen molar-refractivity contribution in [3.8, 4) is 0 Å². The molecule has 2 rings (SSSR count). The monoisotopic (exact) mass is 227 g/mol.